The fourth-order valence-corrected chi connectivity index (χ4v) is 3.30. The highest BCUT2D eigenvalue weighted by molar-refractivity contribution is 5.85. The molecule has 0 saturated carbocycles. The smallest absolute Gasteiger partial charge is 0.236 e. The molecule has 0 bridgehead atoms. The van der Waals surface area contributed by atoms with Crippen LogP contribution in [0.3, 0.4) is 0 Å². The fraction of sp³-hybridized carbons (Fsp3) is 0.500. The second-order valence-corrected chi connectivity index (χ2v) is 6.87. The van der Waals surface area contributed by atoms with Gasteiger partial charge in [0, 0.05) is 32.1 Å². The zero-order chi connectivity index (χ0) is 18.0. The van der Waals surface area contributed by atoms with Crippen molar-refractivity contribution in [2.75, 3.05) is 26.7 Å². The summed E-state index contributed by atoms with van der Waals surface area (Å²) in [4.78, 5) is 16.5. The maximum atomic E-state index is 12.6. The molecule has 0 spiro atoms. The quantitative estimate of drug-likeness (QED) is 0.798. The van der Waals surface area contributed by atoms with Crippen molar-refractivity contribution < 1.29 is 4.79 Å². The highest BCUT2D eigenvalue weighted by Crippen LogP contribution is 2.26. The summed E-state index contributed by atoms with van der Waals surface area (Å²) >= 11 is 0. The summed E-state index contributed by atoms with van der Waals surface area (Å²) in [5, 5.41) is 8.20. The average Bonchev–Trinajstić information content (AvgIpc) is 3.13. The minimum Gasteiger partial charge on any atom is -0.339 e. The fourth-order valence-electron chi connectivity index (χ4n) is 3.30. The van der Waals surface area contributed by atoms with Gasteiger partial charge in [-0.1, -0.05) is 30.3 Å². The molecule has 1 amide bonds. The van der Waals surface area contributed by atoms with Gasteiger partial charge in [0.05, 0.1) is 13.1 Å². The van der Waals surface area contributed by atoms with Gasteiger partial charge in [0.1, 0.15) is 11.6 Å². The molecule has 0 aliphatic carbocycles. The van der Waals surface area contributed by atoms with E-state index in [0.29, 0.717) is 26.2 Å². The lowest BCUT2D eigenvalue weighted by atomic mass is 9.95. The third-order valence-electron chi connectivity index (χ3n) is 4.94. The minimum atomic E-state index is -0.0157. The van der Waals surface area contributed by atoms with Crippen molar-refractivity contribution in [3.05, 3.63) is 47.5 Å². The van der Waals surface area contributed by atoms with Crippen LogP contribution in [0.2, 0.25) is 0 Å². The number of nitrogens with zero attached hydrogens (tertiary/aromatic N) is 5. The first-order chi connectivity index (χ1) is 12.0. The Morgan fingerprint density at radius 3 is 2.48 bits per heavy atom. The Kier molecular flexibility index (Phi) is 8.68. The average molecular weight is 415 g/mol. The van der Waals surface area contributed by atoms with E-state index in [9.17, 15) is 4.79 Å². The maximum Gasteiger partial charge on any atom is 0.236 e. The van der Waals surface area contributed by atoms with Gasteiger partial charge < -0.3 is 15.2 Å². The van der Waals surface area contributed by atoms with Gasteiger partial charge in [-0.3, -0.25) is 9.69 Å². The number of likely N-dealkylation sites (N-methyl/N-ethyl adjacent to an activating group) is 1. The number of benzene rings is 1. The number of nitrogens with two attached hydrogens (primary N) is 1. The van der Waals surface area contributed by atoms with Gasteiger partial charge in [0.15, 0.2) is 0 Å². The zero-order valence-electron chi connectivity index (χ0n) is 15.9. The van der Waals surface area contributed by atoms with E-state index in [0.717, 1.165) is 11.6 Å². The summed E-state index contributed by atoms with van der Waals surface area (Å²) in [5.41, 5.74) is 7.49. The van der Waals surface area contributed by atoms with Gasteiger partial charge >= 0.3 is 0 Å². The number of halogens is 2. The van der Waals surface area contributed by atoms with Crippen LogP contribution in [0.4, 0.5) is 0 Å². The molecule has 2 heterocycles. The second-order valence-electron chi connectivity index (χ2n) is 6.87. The van der Waals surface area contributed by atoms with Gasteiger partial charge in [0.25, 0.3) is 0 Å². The van der Waals surface area contributed by atoms with Gasteiger partial charge in [-0.05, 0) is 19.5 Å². The van der Waals surface area contributed by atoms with Gasteiger partial charge in [-0.2, -0.15) is 0 Å². The van der Waals surface area contributed by atoms with Crippen molar-refractivity contribution in [1.29, 1.82) is 0 Å². The lowest BCUT2D eigenvalue weighted by Gasteiger charge is -2.21. The summed E-state index contributed by atoms with van der Waals surface area (Å²) in [6.45, 7) is 4.14. The third-order valence-corrected chi connectivity index (χ3v) is 4.94. The van der Waals surface area contributed by atoms with E-state index >= 15 is 0 Å². The molecule has 1 aliphatic rings. The van der Waals surface area contributed by atoms with Crippen molar-refractivity contribution in [2.45, 2.75) is 25.4 Å². The van der Waals surface area contributed by atoms with E-state index in [4.69, 9.17) is 5.73 Å². The second kappa shape index (κ2) is 10.0. The lowest BCUT2D eigenvalue weighted by molar-refractivity contribution is -0.131. The van der Waals surface area contributed by atoms with Gasteiger partial charge in [-0.15, -0.1) is 35.0 Å². The Hall–Kier alpha value is -1.67. The van der Waals surface area contributed by atoms with E-state index in [-0.39, 0.29) is 42.7 Å². The van der Waals surface area contributed by atoms with E-state index < -0.39 is 0 Å². The predicted octanol–water partition coefficient (Wildman–Crippen LogP) is 1.35. The number of aromatic nitrogens is 3. The maximum absolute atomic E-state index is 12.6. The first kappa shape index (κ1) is 23.4. The van der Waals surface area contributed by atoms with Crippen LogP contribution < -0.4 is 5.73 Å². The molecule has 150 valence electrons. The molecule has 2 N–H and O–H groups in total. The summed E-state index contributed by atoms with van der Waals surface area (Å²) in [7, 11) is 3.86. The molecule has 1 aliphatic heterocycles. The molecule has 1 saturated heterocycles. The summed E-state index contributed by atoms with van der Waals surface area (Å²) in [6, 6.07) is 10.2. The number of amides is 1. The molecule has 3 rings (SSSR count). The Balaban J connectivity index is 0.00000182. The molecule has 0 radical (unpaired) electrons. The molecule has 2 atom stereocenters. The van der Waals surface area contributed by atoms with E-state index in [1.807, 2.05) is 53.6 Å². The molecule has 1 aromatic carbocycles. The van der Waals surface area contributed by atoms with Gasteiger partial charge in [0.2, 0.25) is 5.91 Å². The Labute approximate surface area is 172 Å². The number of hydrogen-bond donors (Lipinski definition) is 1. The zero-order valence-corrected chi connectivity index (χ0v) is 17.5. The third kappa shape index (κ3) is 5.42. The molecule has 9 heteroatoms. The molecule has 1 fully saturated rings. The van der Waals surface area contributed by atoms with Crippen LogP contribution in [0.1, 0.15) is 23.1 Å². The minimum absolute atomic E-state index is 0. The van der Waals surface area contributed by atoms with Crippen LogP contribution in [0.5, 0.6) is 0 Å². The van der Waals surface area contributed by atoms with E-state index in [1.54, 1.807) is 0 Å². The van der Waals surface area contributed by atoms with Crippen molar-refractivity contribution in [1.82, 2.24) is 24.6 Å². The Morgan fingerprint density at radius 2 is 1.89 bits per heavy atom. The normalized spacial score (nSPS) is 18.9. The van der Waals surface area contributed by atoms with Gasteiger partial charge in [-0.25, -0.2) is 0 Å². The Bertz CT molecular complexity index is 739. The summed E-state index contributed by atoms with van der Waals surface area (Å²) in [5.74, 6) is 2.03. The van der Waals surface area contributed by atoms with Crippen LogP contribution >= 0.6 is 24.8 Å². The topological polar surface area (TPSA) is 80.3 Å². The number of carbonyl (C=O) groups is 1. The number of likely N-dealkylation sites (tertiary alicyclic amines) is 1. The highest BCUT2D eigenvalue weighted by atomic mass is 35.5. The molecule has 7 nitrogen and oxygen atoms in total. The van der Waals surface area contributed by atoms with Crippen LogP contribution in [-0.2, 0) is 18.4 Å². The van der Waals surface area contributed by atoms with Crippen molar-refractivity contribution in [3.8, 4) is 0 Å². The van der Waals surface area contributed by atoms with E-state index in [1.165, 1.54) is 5.56 Å². The SMILES string of the molecule is Cc1nnc(CN(C)CC(=O)N2C[C@@H](N)[C@H](c3ccccc3)C2)n1C.Cl.Cl. The summed E-state index contributed by atoms with van der Waals surface area (Å²) in [6.07, 6.45) is 0. The molecular formula is C18H28Cl2N6O. The largest absolute Gasteiger partial charge is 0.339 e. The predicted molar refractivity (Wildman–Crippen MR) is 110 cm³/mol. The van der Waals surface area contributed by atoms with Crippen LogP contribution in [0, 0.1) is 6.92 Å². The van der Waals surface area contributed by atoms with Crippen molar-refractivity contribution in [3.63, 3.8) is 0 Å². The number of aryl methyl sites for hydroxylation is 1. The first-order valence-electron chi connectivity index (χ1n) is 8.57. The van der Waals surface area contributed by atoms with Crippen molar-refractivity contribution >= 4 is 30.7 Å². The molecule has 1 aromatic heterocycles. The van der Waals surface area contributed by atoms with Crippen LogP contribution in [0.15, 0.2) is 30.3 Å². The summed E-state index contributed by atoms with van der Waals surface area (Å²) < 4.78 is 1.94. The number of rotatable bonds is 5. The molecule has 2 aromatic rings. The monoisotopic (exact) mass is 414 g/mol. The van der Waals surface area contributed by atoms with Crippen LogP contribution in [0.25, 0.3) is 0 Å². The molecule has 27 heavy (non-hydrogen) atoms. The van der Waals surface area contributed by atoms with E-state index in [2.05, 4.69) is 22.3 Å². The molecule has 0 unspecified atom stereocenters. The molecular weight excluding hydrogens is 387 g/mol. The standard InChI is InChI=1S/C18H26N6O.2ClH/c1-13-20-21-17(23(13)3)11-22(2)12-18(25)24-9-15(16(19)10-24)14-7-5-4-6-8-14;;/h4-8,15-16H,9-12,19H2,1-3H3;2*1H/t15-,16+;;/m0../s1. The van der Waals surface area contributed by atoms with Crippen LogP contribution in [-0.4, -0.2) is 63.2 Å². The lowest BCUT2D eigenvalue weighted by Crippen LogP contribution is -2.39. The number of carbonyl (C=O) groups excluding carboxylic acids is 1. The van der Waals surface area contributed by atoms with Crippen molar-refractivity contribution in [2.24, 2.45) is 12.8 Å². The first-order valence-corrected chi connectivity index (χ1v) is 8.57. The number of hydrogen-bond acceptors (Lipinski definition) is 5. The Morgan fingerprint density at radius 1 is 1.22 bits per heavy atom. The highest BCUT2D eigenvalue weighted by Gasteiger charge is 2.33.